The lowest BCUT2D eigenvalue weighted by atomic mass is 10.1. The SMILES string of the molecule is O=C(Nc1ccccc1N1CCN(c2ccc(F)cc2)CC1)c1ccccc1Cl. The third kappa shape index (κ3) is 4.35. The van der Waals surface area contributed by atoms with Gasteiger partial charge in [0.2, 0.25) is 0 Å². The first-order valence-electron chi connectivity index (χ1n) is 9.52. The highest BCUT2D eigenvalue weighted by atomic mass is 35.5. The number of carbonyl (C=O) groups excluding carboxylic acids is 1. The summed E-state index contributed by atoms with van der Waals surface area (Å²) in [6, 6.07) is 21.4. The predicted octanol–water partition coefficient (Wildman–Crippen LogP) is 5.06. The molecule has 4 rings (SSSR count). The molecular weight excluding hydrogens is 389 g/mol. The Labute approximate surface area is 174 Å². The molecule has 0 bridgehead atoms. The summed E-state index contributed by atoms with van der Waals surface area (Å²) in [5.41, 5.74) is 3.20. The highest BCUT2D eigenvalue weighted by molar-refractivity contribution is 6.34. The topological polar surface area (TPSA) is 35.6 Å². The van der Waals surface area contributed by atoms with E-state index in [9.17, 15) is 9.18 Å². The average Bonchev–Trinajstić information content (AvgIpc) is 2.75. The molecule has 1 N–H and O–H groups in total. The first-order valence-corrected chi connectivity index (χ1v) is 9.90. The minimum atomic E-state index is -0.229. The summed E-state index contributed by atoms with van der Waals surface area (Å²) < 4.78 is 13.2. The smallest absolute Gasteiger partial charge is 0.257 e. The van der Waals surface area contributed by atoms with Crippen molar-refractivity contribution in [2.45, 2.75) is 0 Å². The van der Waals surface area contributed by atoms with Gasteiger partial charge in [0, 0.05) is 31.9 Å². The minimum absolute atomic E-state index is 0.226. The van der Waals surface area contributed by atoms with Crippen molar-refractivity contribution >= 4 is 34.6 Å². The van der Waals surface area contributed by atoms with E-state index in [1.165, 1.54) is 12.1 Å². The van der Waals surface area contributed by atoms with E-state index in [0.717, 1.165) is 43.2 Å². The Morgan fingerprint density at radius 2 is 1.45 bits per heavy atom. The van der Waals surface area contributed by atoms with Crippen molar-refractivity contribution < 1.29 is 9.18 Å². The van der Waals surface area contributed by atoms with Gasteiger partial charge < -0.3 is 15.1 Å². The van der Waals surface area contributed by atoms with Crippen molar-refractivity contribution in [3.8, 4) is 0 Å². The van der Waals surface area contributed by atoms with Crippen molar-refractivity contribution in [2.24, 2.45) is 0 Å². The van der Waals surface area contributed by atoms with Gasteiger partial charge >= 0.3 is 0 Å². The fourth-order valence-corrected chi connectivity index (χ4v) is 3.77. The van der Waals surface area contributed by atoms with Gasteiger partial charge in [0.15, 0.2) is 0 Å². The molecule has 1 fully saturated rings. The summed E-state index contributed by atoms with van der Waals surface area (Å²) in [5.74, 6) is -0.455. The van der Waals surface area contributed by atoms with Gasteiger partial charge in [-0.1, -0.05) is 35.9 Å². The zero-order chi connectivity index (χ0) is 20.2. The van der Waals surface area contributed by atoms with E-state index in [1.54, 1.807) is 24.3 Å². The molecule has 0 aliphatic carbocycles. The van der Waals surface area contributed by atoms with E-state index in [-0.39, 0.29) is 11.7 Å². The molecule has 1 amide bonds. The van der Waals surface area contributed by atoms with Gasteiger partial charge in [-0.25, -0.2) is 4.39 Å². The number of hydrogen-bond donors (Lipinski definition) is 1. The van der Waals surface area contributed by atoms with Crippen LogP contribution in [0.1, 0.15) is 10.4 Å². The molecule has 0 saturated carbocycles. The zero-order valence-electron chi connectivity index (χ0n) is 15.8. The number of hydrogen-bond acceptors (Lipinski definition) is 3. The second kappa shape index (κ2) is 8.53. The van der Waals surface area contributed by atoms with Gasteiger partial charge in [0.1, 0.15) is 5.82 Å². The molecule has 1 aliphatic heterocycles. The monoisotopic (exact) mass is 409 g/mol. The van der Waals surface area contributed by atoms with Gasteiger partial charge in [-0.3, -0.25) is 4.79 Å². The maximum absolute atomic E-state index is 13.2. The van der Waals surface area contributed by atoms with Gasteiger partial charge in [-0.2, -0.15) is 0 Å². The Morgan fingerprint density at radius 3 is 2.17 bits per heavy atom. The number of carbonyl (C=O) groups is 1. The molecule has 0 radical (unpaired) electrons. The van der Waals surface area contributed by atoms with Crippen LogP contribution in [-0.4, -0.2) is 32.1 Å². The van der Waals surface area contributed by atoms with E-state index in [1.807, 2.05) is 36.4 Å². The quantitative estimate of drug-likeness (QED) is 0.654. The fraction of sp³-hybridized carbons (Fsp3) is 0.174. The molecule has 29 heavy (non-hydrogen) atoms. The molecule has 148 valence electrons. The highest BCUT2D eigenvalue weighted by Crippen LogP contribution is 2.29. The molecule has 0 unspecified atom stereocenters. The second-order valence-corrected chi connectivity index (χ2v) is 7.31. The van der Waals surface area contributed by atoms with Crippen molar-refractivity contribution in [3.05, 3.63) is 89.2 Å². The second-order valence-electron chi connectivity index (χ2n) is 6.90. The van der Waals surface area contributed by atoms with Crippen LogP contribution in [0.2, 0.25) is 5.02 Å². The molecule has 0 spiro atoms. The lowest BCUT2D eigenvalue weighted by Gasteiger charge is -2.38. The Kier molecular flexibility index (Phi) is 5.67. The van der Waals surface area contributed by atoms with Crippen LogP contribution in [-0.2, 0) is 0 Å². The van der Waals surface area contributed by atoms with Crippen LogP contribution in [0.4, 0.5) is 21.5 Å². The fourth-order valence-electron chi connectivity index (χ4n) is 3.55. The summed E-state index contributed by atoms with van der Waals surface area (Å²) in [5, 5.41) is 3.42. The molecule has 3 aromatic carbocycles. The number of halogens is 2. The van der Waals surface area contributed by atoms with E-state index in [0.29, 0.717) is 10.6 Å². The molecule has 1 heterocycles. The molecule has 1 saturated heterocycles. The van der Waals surface area contributed by atoms with Gasteiger partial charge in [-0.05, 0) is 48.5 Å². The summed E-state index contributed by atoms with van der Waals surface area (Å²) in [6.45, 7) is 3.24. The number of nitrogens with one attached hydrogen (secondary N) is 1. The first kappa shape index (κ1) is 19.3. The van der Waals surface area contributed by atoms with E-state index in [4.69, 9.17) is 11.6 Å². The number of benzene rings is 3. The number of amides is 1. The Bertz CT molecular complexity index is 1000. The highest BCUT2D eigenvalue weighted by Gasteiger charge is 2.20. The predicted molar refractivity (Wildman–Crippen MR) is 117 cm³/mol. The van der Waals surface area contributed by atoms with Crippen LogP contribution in [0.3, 0.4) is 0 Å². The molecular formula is C23H21ClFN3O. The molecule has 3 aromatic rings. The average molecular weight is 410 g/mol. The van der Waals surface area contributed by atoms with Crippen molar-refractivity contribution in [3.63, 3.8) is 0 Å². The zero-order valence-corrected chi connectivity index (χ0v) is 16.6. The van der Waals surface area contributed by atoms with Crippen LogP contribution in [0.25, 0.3) is 0 Å². The van der Waals surface area contributed by atoms with E-state index < -0.39 is 0 Å². The Morgan fingerprint density at radius 1 is 0.828 bits per heavy atom. The normalized spacial score (nSPS) is 14.0. The van der Waals surface area contributed by atoms with Crippen LogP contribution in [0.5, 0.6) is 0 Å². The molecule has 1 aliphatic rings. The van der Waals surface area contributed by atoms with Gasteiger partial charge in [0.05, 0.1) is 22.0 Å². The number of rotatable bonds is 4. The van der Waals surface area contributed by atoms with Gasteiger partial charge in [0.25, 0.3) is 5.91 Å². The van der Waals surface area contributed by atoms with E-state index >= 15 is 0 Å². The summed E-state index contributed by atoms with van der Waals surface area (Å²) in [7, 11) is 0. The first-order chi connectivity index (χ1) is 14.1. The third-order valence-corrected chi connectivity index (χ3v) is 5.41. The van der Waals surface area contributed by atoms with Crippen molar-refractivity contribution in [1.82, 2.24) is 0 Å². The van der Waals surface area contributed by atoms with Crippen molar-refractivity contribution in [2.75, 3.05) is 41.3 Å². The molecule has 0 aromatic heterocycles. The van der Waals surface area contributed by atoms with Crippen LogP contribution >= 0.6 is 11.6 Å². The maximum Gasteiger partial charge on any atom is 0.257 e. The summed E-state index contributed by atoms with van der Waals surface area (Å²) in [4.78, 5) is 17.2. The van der Waals surface area contributed by atoms with Gasteiger partial charge in [-0.15, -0.1) is 0 Å². The Balaban J connectivity index is 1.47. The number of nitrogens with zero attached hydrogens (tertiary/aromatic N) is 2. The number of anilines is 3. The van der Waals surface area contributed by atoms with Crippen LogP contribution < -0.4 is 15.1 Å². The van der Waals surface area contributed by atoms with E-state index in [2.05, 4.69) is 15.1 Å². The van der Waals surface area contributed by atoms with Crippen LogP contribution in [0.15, 0.2) is 72.8 Å². The standard InChI is InChI=1S/C23H21ClFN3O/c24-20-6-2-1-5-19(20)23(29)26-21-7-3-4-8-22(21)28-15-13-27(14-16-28)18-11-9-17(25)10-12-18/h1-12H,13-16H2,(H,26,29). The summed E-state index contributed by atoms with van der Waals surface area (Å²) >= 11 is 6.16. The van der Waals surface area contributed by atoms with Crippen molar-refractivity contribution in [1.29, 1.82) is 0 Å². The number of piperazine rings is 1. The lowest BCUT2D eigenvalue weighted by molar-refractivity contribution is 0.102. The minimum Gasteiger partial charge on any atom is -0.368 e. The maximum atomic E-state index is 13.2. The van der Waals surface area contributed by atoms with Crippen LogP contribution in [0, 0.1) is 5.82 Å². The Hall–Kier alpha value is -3.05. The largest absolute Gasteiger partial charge is 0.368 e. The molecule has 4 nitrogen and oxygen atoms in total. The molecule has 0 atom stereocenters. The number of para-hydroxylation sites is 2. The summed E-state index contributed by atoms with van der Waals surface area (Å²) in [6.07, 6.45) is 0. The molecule has 6 heteroatoms. The lowest BCUT2D eigenvalue weighted by Crippen LogP contribution is -2.46. The third-order valence-electron chi connectivity index (χ3n) is 5.08.